The first-order valence-electron chi connectivity index (χ1n) is 10.5. The van der Waals surface area contributed by atoms with Crippen molar-refractivity contribution in [2.45, 2.75) is 33.4 Å². The summed E-state index contributed by atoms with van der Waals surface area (Å²) in [6.45, 7) is 6.99. The molecule has 0 aliphatic carbocycles. The summed E-state index contributed by atoms with van der Waals surface area (Å²) < 4.78 is 6.93. The van der Waals surface area contributed by atoms with Crippen LogP contribution in [-0.4, -0.2) is 59.5 Å². The molecule has 2 aromatic rings. The molecule has 3 rings (SSSR count). The predicted octanol–water partition coefficient (Wildman–Crippen LogP) is 1.72. The minimum absolute atomic E-state index is 0.0644. The van der Waals surface area contributed by atoms with E-state index in [-0.39, 0.29) is 29.5 Å². The van der Waals surface area contributed by atoms with Crippen LogP contribution in [-0.2, 0) is 29.1 Å². The second kappa shape index (κ2) is 10.3. The molecular formula is C23H30N4O4. The summed E-state index contributed by atoms with van der Waals surface area (Å²) in [7, 11) is 1.44. The number of methoxy groups -OCH3 is 1. The maximum atomic E-state index is 12.7. The fourth-order valence-electron chi connectivity index (χ4n) is 3.66. The molecule has 1 saturated heterocycles. The Balaban J connectivity index is 1.72. The van der Waals surface area contributed by atoms with E-state index in [1.165, 1.54) is 18.7 Å². The molecule has 0 saturated carbocycles. The number of nitrogens with one attached hydrogen (secondary N) is 1. The summed E-state index contributed by atoms with van der Waals surface area (Å²) in [6.07, 6.45) is 2.53. The fraction of sp³-hybridized carbons (Fsp3) is 0.435. The van der Waals surface area contributed by atoms with Crippen molar-refractivity contribution >= 4 is 17.5 Å². The van der Waals surface area contributed by atoms with Crippen molar-refractivity contribution in [2.24, 2.45) is 0 Å². The molecule has 166 valence electrons. The van der Waals surface area contributed by atoms with Gasteiger partial charge in [-0.05, 0) is 24.1 Å². The van der Waals surface area contributed by atoms with E-state index < -0.39 is 0 Å². The number of pyridine rings is 1. The van der Waals surface area contributed by atoms with Crippen LogP contribution in [0, 0.1) is 0 Å². The molecule has 2 heterocycles. The van der Waals surface area contributed by atoms with Gasteiger partial charge in [0.15, 0.2) is 5.75 Å². The lowest BCUT2D eigenvalue weighted by molar-refractivity contribution is -0.130. The van der Waals surface area contributed by atoms with Gasteiger partial charge in [0.1, 0.15) is 6.54 Å². The van der Waals surface area contributed by atoms with Gasteiger partial charge < -0.3 is 19.5 Å². The number of hydrogen-bond donors (Lipinski definition) is 1. The number of aromatic nitrogens is 1. The normalized spacial score (nSPS) is 14.4. The van der Waals surface area contributed by atoms with Gasteiger partial charge >= 0.3 is 0 Å². The highest BCUT2D eigenvalue weighted by molar-refractivity contribution is 5.90. The first-order valence-corrected chi connectivity index (χ1v) is 10.5. The Morgan fingerprint density at radius 1 is 1.10 bits per heavy atom. The van der Waals surface area contributed by atoms with Gasteiger partial charge in [-0.3, -0.25) is 19.3 Å². The Kier molecular flexibility index (Phi) is 7.46. The highest BCUT2D eigenvalue weighted by Crippen LogP contribution is 2.14. The Labute approximate surface area is 182 Å². The zero-order valence-corrected chi connectivity index (χ0v) is 18.4. The van der Waals surface area contributed by atoms with Crippen molar-refractivity contribution in [3.05, 3.63) is 58.0 Å². The number of rotatable bonds is 7. The molecule has 1 aromatic carbocycles. The molecule has 1 aromatic heterocycles. The Hall–Kier alpha value is -3.13. The van der Waals surface area contributed by atoms with E-state index in [4.69, 9.17) is 4.74 Å². The van der Waals surface area contributed by atoms with E-state index in [2.05, 4.69) is 17.1 Å². The van der Waals surface area contributed by atoms with Crippen LogP contribution in [0.15, 0.2) is 41.3 Å². The number of carbonyl (C=O) groups excluding carboxylic acids is 2. The largest absolute Gasteiger partial charge is 0.491 e. The van der Waals surface area contributed by atoms with Gasteiger partial charge in [-0.1, -0.05) is 19.1 Å². The fourth-order valence-corrected chi connectivity index (χ4v) is 3.66. The number of nitrogens with zero attached hydrogens (tertiary/aromatic N) is 3. The molecular weight excluding hydrogens is 396 g/mol. The highest BCUT2D eigenvalue weighted by Gasteiger charge is 2.20. The molecule has 1 fully saturated rings. The predicted molar refractivity (Wildman–Crippen MR) is 119 cm³/mol. The second-order valence-corrected chi connectivity index (χ2v) is 7.71. The summed E-state index contributed by atoms with van der Waals surface area (Å²) in [5, 5.41) is 2.91. The molecule has 2 amide bonds. The highest BCUT2D eigenvalue weighted by atomic mass is 16.5. The molecule has 31 heavy (non-hydrogen) atoms. The van der Waals surface area contributed by atoms with Crippen LogP contribution < -0.4 is 15.5 Å². The average molecular weight is 427 g/mol. The zero-order chi connectivity index (χ0) is 22.4. The second-order valence-electron chi connectivity index (χ2n) is 7.71. The third-order valence-corrected chi connectivity index (χ3v) is 5.57. The number of ether oxygens (including phenoxy) is 1. The summed E-state index contributed by atoms with van der Waals surface area (Å²) in [5.74, 6) is 0.0903. The summed E-state index contributed by atoms with van der Waals surface area (Å²) in [6, 6.07) is 9.28. The van der Waals surface area contributed by atoms with E-state index in [0.29, 0.717) is 19.6 Å². The molecule has 8 heteroatoms. The number of benzene rings is 1. The van der Waals surface area contributed by atoms with Gasteiger partial charge in [0.2, 0.25) is 17.2 Å². The van der Waals surface area contributed by atoms with E-state index in [1.807, 2.05) is 29.2 Å². The number of aryl methyl sites for hydroxylation is 1. The molecule has 0 atom stereocenters. The molecule has 1 aliphatic heterocycles. The van der Waals surface area contributed by atoms with Crippen LogP contribution in [0.1, 0.15) is 25.1 Å². The number of carbonyl (C=O) groups is 2. The quantitative estimate of drug-likeness (QED) is 0.729. The van der Waals surface area contributed by atoms with E-state index in [1.54, 1.807) is 17.7 Å². The van der Waals surface area contributed by atoms with E-state index >= 15 is 0 Å². The summed E-state index contributed by atoms with van der Waals surface area (Å²) in [5.41, 5.74) is 2.46. The Morgan fingerprint density at radius 2 is 1.77 bits per heavy atom. The third-order valence-electron chi connectivity index (χ3n) is 5.57. The van der Waals surface area contributed by atoms with Crippen LogP contribution in [0.25, 0.3) is 0 Å². The molecule has 1 N–H and O–H groups in total. The minimum atomic E-state index is -0.216. The summed E-state index contributed by atoms with van der Waals surface area (Å²) in [4.78, 5) is 40.5. The van der Waals surface area contributed by atoms with Crippen LogP contribution >= 0.6 is 0 Å². The minimum Gasteiger partial charge on any atom is -0.491 e. The molecule has 0 bridgehead atoms. The lowest BCUT2D eigenvalue weighted by Crippen LogP contribution is -2.47. The van der Waals surface area contributed by atoms with Gasteiger partial charge in [-0.2, -0.15) is 0 Å². The molecule has 0 unspecified atom stereocenters. The van der Waals surface area contributed by atoms with Gasteiger partial charge in [0.25, 0.3) is 0 Å². The molecule has 8 nitrogen and oxygen atoms in total. The van der Waals surface area contributed by atoms with Crippen molar-refractivity contribution in [3.8, 4) is 5.75 Å². The topological polar surface area (TPSA) is 83.9 Å². The van der Waals surface area contributed by atoms with Crippen LogP contribution in [0.2, 0.25) is 0 Å². The van der Waals surface area contributed by atoms with Gasteiger partial charge in [-0.15, -0.1) is 0 Å². The van der Waals surface area contributed by atoms with Crippen molar-refractivity contribution in [3.63, 3.8) is 0 Å². The maximum absolute atomic E-state index is 12.7. The van der Waals surface area contributed by atoms with Crippen LogP contribution in [0.4, 0.5) is 5.69 Å². The average Bonchev–Trinajstić information content (AvgIpc) is 2.76. The van der Waals surface area contributed by atoms with Crippen LogP contribution in [0.5, 0.6) is 5.75 Å². The van der Waals surface area contributed by atoms with Crippen LogP contribution in [0.3, 0.4) is 0 Å². The Morgan fingerprint density at radius 3 is 2.35 bits per heavy atom. The van der Waals surface area contributed by atoms with Crippen molar-refractivity contribution in [2.75, 3.05) is 38.6 Å². The first kappa shape index (κ1) is 22.6. The van der Waals surface area contributed by atoms with Gasteiger partial charge in [0, 0.05) is 57.1 Å². The number of piperazine rings is 1. The third kappa shape index (κ3) is 5.95. The molecule has 1 aliphatic rings. The van der Waals surface area contributed by atoms with Gasteiger partial charge in [-0.25, -0.2) is 0 Å². The number of hydrogen-bond acceptors (Lipinski definition) is 5. The first-order chi connectivity index (χ1) is 14.9. The van der Waals surface area contributed by atoms with Crippen molar-refractivity contribution < 1.29 is 14.3 Å². The maximum Gasteiger partial charge on any atom is 0.244 e. The number of anilines is 1. The smallest absolute Gasteiger partial charge is 0.244 e. The summed E-state index contributed by atoms with van der Waals surface area (Å²) >= 11 is 0. The van der Waals surface area contributed by atoms with Crippen molar-refractivity contribution in [1.29, 1.82) is 0 Å². The molecule has 0 radical (unpaired) electrons. The van der Waals surface area contributed by atoms with E-state index in [9.17, 15) is 14.4 Å². The number of amides is 2. The monoisotopic (exact) mass is 426 g/mol. The molecule has 0 spiro atoms. The van der Waals surface area contributed by atoms with Gasteiger partial charge in [0.05, 0.1) is 13.3 Å². The lowest BCUT2D eigenvalue weighted by Gasteiger charge is -2.34. The SMILES string of the molecule is CCc1ccc(NC(=O)Cn2cc(OC)c(=O)cc2CN2CCN(C(C)=O)CC2)cc1. The van der Waals surface area contributed by atoms with Crippen molar-refractivity contribution in [1.82, 2.24) is 14.4 Å². The standard InChI is InChI=1S/C23H30N4O4/c1-4-18-5-7-19(8-6-18)24-23(30)16-27-15-22(31-3)21(29)13-20(27)14-25-9-11-26(12-10-25)17(2)28/h5-8,13,15H,4,9-12,14,16H2,1-3H3,(H,24,30). The van der Waals surface area contributed by atoms with E-state index in [0.717, 1.165) is 30.9 Å². The lowest BCUT2D eigenvalue weighted by atomic mass is 10.1. The zero-order valence-electron chi connectivity index (χ0n) is 18.4. The Bertz CT molecular complexity index is 976.